The van der Waals surface area contributed by atoms with Crippen molar-refractivity contribution in [3.8, 4) is 11.3 Å². The molecule has 3 aliphatic rings. The van der Waals surface area contributed by atoms with Crippen LogP contribution in [0.1, 0.15) is 30.9 Å². The number of nitrogens with two attached hydrogens (primary N) is 1. The molecule has 3 aromatic rings. The van der Waals surface area contributed by atoms with E-state index >= 15 is 0 Å². The first-order chi connectivity index (χ1) is 17.6. The lowest BCUT2D eigenvalue weighted by Crippen LogP contribution is -2.50. The number of piperidine rings is 1. The summed E-state index contributed by atoms with van der Waals surface area (Å²) in [6, 6.07) is 9.64. The molecule has 2 saturated heterocycles. The number of halogens is 1. The number of pyridine rings is 1. The maximum absolute atomic E-state index is 14.5. The zero-order chi connectivity index (χ0) is 24.6. The molecule has 0 radical (unpaired) electrons. The van der Waals surface area contributed by atoms with E-state index in [1.165, 1.54) is 6.07 Å². The fourth-order valence-electron chi connectivity index (χ4n) is 5.60. The predicted octanol–water partition coefficient (Wildman–Crippen LogP) is 1.20. The zero-order valence-electron chi connectivity index (χ0n) is 19.8. The number of aromatic nitrogens is 3. The number of carbonyl (C=O) groups is 1. The number of H-pyrrole nitrogens is 1. The molecule has 1 aliphatic carbocycles. The van der Waals surface area contributed by atoms with Crippen LogP contribution in [0.25, 0.3) is 23.4 Å². The molecule has 8 nitrogen and oxygen atoms in total. The van der Waals surface area contributed by atoms with E-state index in [4.69, 9.17) is 10.5 Å². The Morgan fingerprint density at radius 1 is 1.25 bits per heavy atom. The number of carbonyl (C=O) groups excluding carboxylic acids is 1. The fourth-order valence-corrected chi connectivity index (χ4v) is 5.60. The highest BCUT2D eigenvalue weighted by Crippen LogP contribution is 2.34. The number of hydrogen-bond donors (Lipinski definition) is 3. The van der Waals surface area contributed by atoms with Crippen molar-refractivity contribution in [1.82, 2.24) is 25.4 Å². The van der Waals surface area contributed by atoms with Crippen LogP contribution < -0.4 is 21.6 Å². The van der Waals surface area contributed by atoms with Crippen LogP contribution in [0.15, 0.2) is 48.8 Å². The molecule has 5 unspecified atom stereocenters. The van der Waals surface area contributed by atoms with Crippen molar-refractivity contribution in [3.63, 3.8) is 0 Å². The van der Waals surface area contributed by atoms with Gasteiger partial charge in [0, 0.05) is 47.2 Å². The van der Waals surface area contributed by atoms with E-state index in [1.54, 1.807) is 30.6 Å². The Morgan fingerprint density at radius 3 is 2.89 bits per heavy atom. The molecule has 2 aromatic heterocycles. The number of hydrogen-bond acceptors (Lipinski definition) is 6. The van der Waals surface area contributed by atoms with Crippen molar-refractivity contribution in [3.05, 3.63) is 70.7 Å². The van der Waals surface area contributed by atoms with E-state index in [-0.39, 0.29) is 24.3 Å². The quantitative estimate of drug-likeness (QED) is 0.431. The van der Waals surface area contributed by atoms with Crippen LogP contribution in [-0.2, 0) is 9.53 Å². The maximum atomic E-state index is 14.5. The summed E-state index contributed by atoms with van der Waals surface area (Å²) in [6.45, 7) is 1.30. The predicted molar refractivity (Wildman–Crippen MR) is 133 cm³/mol. The lowest BCUT2D eigenvalue weighted by atomic mass is 9.94. The van der Waals surface area contributed by atoms with Crippen LogP contribution >= 0.6 is 0 Å². The zero-order valence-corrected chi connectivity index (χ0v) is 19.8. The topological polar surface area (TPSA) is 112 Å². The number of nitrogens with one attached hydrogen (secondary N) is 2. The molecule has 0 spiro atoms. The standard InChI is InChI=1S/C27H29FN6O2/c28-21-6-2-1-5-19(21)24(26(29)35)34-13-3-4-18(15-34)31-27-25(36-27)17-7-8-22-20(14-17)23(33-32-22)16-9-11-30-12-10-16/h1-2,5-6,8-12,14,17-18,24-25,27,31-32H,3-4,7,13,15H2,(H2,29,35). The summed E-state index contributed by atoms with van der Waals surface area (Å²) < 4.78 is 20.5. The lowest BCUT2D eigenvalue weighted by Gasteiger charge is -2.37. The van der Waals surface area contributed by atoms with Crippen LogP contribution in [0, 0.1) is 11.7 Å². The fraction of sp³-hybridized carbons (Fsp3) is 0.370. The molecule has 5 atom stereocenters. The van der Waals surface area contributed by atoms with Gasteiger partial charge >= 0.3 is 0 Å². The Kier molecular flexibility index (Phi) is 6.12. The van der Waals surface area contributed by atoms with Gasteiger partial charge in [0.25, 0.3) is 0 Å². The third-order valence-corrected chi connectivity index (χ3v) is 7.40. The van der Waals surface area contributed by atoms with Crippen LogP contribution in [0.5, 0.6) is 0 Å². The first kappa shape index (κ1) is 23.0. The summed E-state index contributed by atoms with van der Waals surface area (Å²) in [5, 5.41) is 13.4. The second-order valence-corrected chi connectivity index (χ2v) is 9.75. The van der Waals surface area contributed by atoms with Crippen molar-refractivity contribution in [2.75, 3.05) is 13.1 Å². The highest BCUT2D eigenvalue weighted by molar-refractivity contribution is 5.81. The summed E-state index contributed by atoms with van der Waals surface area (Å²) >= 11 is 0. The van der Waals surface area contributed by atoms with E-state index in [0.29, 0.717) is 18.7 Å². The Bertz CT molecular complexity index is 1380. The van der Waals surface area contributed by atoms with Gasteiger partial charge in [-0.2, -0.15) is 5.10 Å². The van der Waals surface area contributed by atoms with Gasteiger partial charge in [-0.25, -0.2) is 4.39 Å². The normalized spacial score (nSPS) is 26.4. The second-order valence-electron chi connectivity index (χ2n) is 9.75. The number of epoxide rings is 1. The molecule has 0 saturated carbocycles. The Morgan fingerprint density at radius 2 is 2.08 bits per heavy atom. The largest absolute Gasteiger partial charge is 0.368 e. The number of nitrogens with zero attached hydrogens (tertiary/aromatic N) is 3. The molecular weight excluding hydrogens is 459 g/mol. The van der Waals surface area contributed by atoms with Crippen molar-refractivity contribution in [2.24, 2.45) is 11.7 Å². The molecule has 2 fully saturated rings. The Hall–Kier alpha value is -3.40. The molecular formula is C27H29FN6O2. The van der Waals surface area contributed by atoms with Gasteiger partial charge in [0.2, 0.25) is 5.91 Å². The molecule has 1 amide bonds. The third kappa shape index (κ3) is 4.45. The van der Waals surface area contributed by atoms with Gasteiger partial charge in [0.05, 0.1) is 11.0 Å². The highest BCUT2D eigenvalue weighted by atomic mass is 19.1. The van der Waals surface area contributed by atoms with Gasteiger partial charge in [-0.3, -0.25) is 25.1 Å². The van der Waals surface area contributed by atoms with E-state index < -0.39 is 17.8 Å². The molecule has 4 N–H and O–H groups in total. The van der Waals surface area contributed by atoms with Crippen LogP contribution in [0.3, 0.4) is 0 Å². The lowest BCUT2D eigenvalue weighted by molar-refractivity contribution is -0.124. The molecule has 0 bridgehead atoms. The second kappa shape index (κ2) is 9.57. The van der Waals surface area contributed by atoms with Crippen molar-refractivity contribution in [2.45, 2.75) is 43.7 Å². The van der Waals surface area contributed by atoms with Crippen molar-refractivity contribution >= 4 is 18.1 Å². The van der Waals surface area contributed by atoms with E-state index in [1.807, 2.05) is 17.0 Å². The molecule has 2 aliphatic heterocycles. The van der Waals surface area contributed by atoms with E-state index in [2.05, 4.69) is 32.7 Å². The summed E-state index contributed by atoms with van der Waals surface area (Å²) in [6.07, 6.45) is 10.7. The van der Waals surface area contributed by atoms with Gasteiger partial charge in [0.1, 0.15) is 24.2 Å². The number of primary amides is 1. The molecule has 4 heterocycles. The Labute approximate surface area is 208 Å². The monoisotopic (exact) mass is 488 g/mol. The van der Waals surface area contributed by atoms with Gasteiger partial charge in [0.15, 0.2) is 0 Å². The van der Waals surface area contributed by atoms with Gasteiger partial charge in [-0.15, -0.1) is 0 Å². The summed E-state index contributed by atoms with van der Waals surface area (Å²) in [5.41, 5.74) is 8.00. The number of likely N-dealkylation sites (tertiary alicyclic amines) is 1. The number of rotatable bonds is 7. The van der Waals surface area contributed by atoms with Crippen molar-refractivity contribution < 1.29 is 13.9 Å². The molecule has 186 valence electrons. The smallest absolute Gasteiger partial charge is 0.239 e. The van der Waals surface area contributed by atoms with E-state index in [9.17, 15) is 9.18 Å². The summed E-state index contributed by atoms with van der Waals surface area (Å²) in [4.78, 5) is 18.4. The number of fused-ring (bicyclic) bond motifs is 1. The SMILES string of the molecule is NC(=O)C(c1ccccc1F)N1CCCC(NC2OC2C2C=c3c(-c4ccncc4)n[nH]c3=CC2)C1. The third-order valence-electron chi connectivity index (χ3n) is 7.40. The van der Waals surface area contributed by atoms with Crippen LogP contribution in [-0.4, -0.2) is 57.5 Å². The first-order valence-electron chi connectivity index (χ1n) is 12.4. The van der Waals surface area contributed by atoms with Crippen LogP contribution in [0.2, 0.25) is 0 Å². The number of benzene rings is 1. The highest BCUT2D eigenvalue weighted by Gasteiger charge is 2.45. The molecule has 6 rings (SSSR count). The summed E-state index contributed by atoms with van der Waals surface area (Å²) in [5.74, 6) is -0.699. The van der Waals surface area contributed by atoms with Gasteiger partial charge in [-0.1, -0.05) is 30.4 Å². The number of amides is 1. The average molecular weight is 489 g/mol. The average Bonchev–Trinajstić information content (AvgIpc) is 3.52. The maximum Gasteiger partial charge on any atom is 0.239 e. The van der Waals surface area contributed by atoms with Crippen LogP contribution in [0.4, 0.5) is 4.39 Å². The minimum Gasteiger partial charge on any atom is -0.368 e. The van der Waals surface area contributed by atoms with Crippen molar-refractivity contribution in [1.29, 1.82) is 0 Å². The van der Waals surface area contributed by atoms with Gasteiger partial charge in [-0.05, 0) is 44.0 Å². The molecule has 9 heteroatoms. The molecule has 1 aromatic carbocycles. The van der Waals surface area contributed by atoms with E-state index in [0.717, 1.165) is 41.1 Å². The molecule has 36 heavy (non-hydrogen) atoms. The van der Waals surface area contributed by atoms with Gasteiger partial charge < -0.3 is 10.5 Å². The Balaban J connectivity index is 1.13. The minimum atomic E-state index is -0.779. The summed E-state index contributed by atoms with van der Waals surface area (Å²) in [7, 11) is 0. The minimum absolute atomic E-state index is 0.0529. The number of aromatic amines is 1. The first-order valence-corrected chi connectivity index (χ1v) is 12.4. The number of ether oxygens (including phenoxy) is 1.